The lowest BCUT2D eigenvalue weighted by atomic mass is 10.2. The van der Waals surface area contributed by atoms with Crippen LogP contribution in [0.25, 0.3) is 0 Å². The smallest absolute Gasteiger partial charge is 0.119 e. The van der Waals surface area contributed by atoms with Crippen LogP contribution in [0.15, 0.2) is 34.3 Å². The van der Waals surface area contributed by atoms with E-state index in [1.54, 1.807) is 12.4 Å². The van der Waals surface area contributed by atoms with E-state index in [0.717, 1.165) is 22.3 Å². The molecule has 86 valence electrons. The molecule has 0 saturated heterocycles. The fraction of sp³-hybridized carbons (Fsp3) is 0.250. The molecule has 0 atom stereocenters. The summed E-state index contributed by atoms with van der Waals surface area (Å²) < 4.78 is 0.777. The first-order valence-corrected chi connectivity index (χ1v) is 5.68. The van der Waals surface area contributed by atoms with Crippen LogP contribution in [0.5, 0.6) is 5.75 Å². The van der Waals surface area contributed by atoms with Gasteiger partial charge in [0, 0.05) is 18.1 Å². The molecule has 0 bridgehead atoms. The van der Waals surface area contributed by atoms with Crippen LogP contribution < -0.4 is 0 Å². The zero-order valence-corrected chi connectivity index (χ0v) is 11.0. The molecule has 0 unspecified atom stereocenters. The predicted molar refractivity (Wildman–Crippen MR) is 71.5 cm³/mol. The van der Waals surface area contributed by atoms with Crippen LogP contribution in [0.3, 0.4) is 0 Å². The molecule has 0 aliphatic carbocycles. The van der Waals surface area contributed by atoms with E-state index in [1.807, 2.05) is 31.0 Å². The van der Waals surface area contributed by atoms with Gasteiger partial charge in [0.1, 0.15) is 5.75 Å². The van der Waals surface area contributed by atoms with Crippen LogP contribution in [-0.2, 0) is 0 Å². The van der Waals surface area contributed by atoms with Crippen molar-refractivity contribution >= 4 is 28.0 Å². The Kier molecular flexibility index (Phi) is 4.55. The Morgan fingerprint density at radius 3 is 2.88 bits per heavy atom. The average molecular weight is 283 g/mol. The van der Waals surface area contributed by atoms with Crippen molar-refractivity contribution in [1.29, 1.82) is 0 Å². The minimum absolute atomic E-state index is 0.269. The van der Waals surface area contributed by atoms with Crippen LogP contribution in [0.4, 0.5) is 5.69 Å². The second-order valence-corrected chi connectivity index (χ2v) is 4.42. The van der Waals surface area contributed by atoms with Crippen molar-refractivity contribution in [1.82, 2.24) is 4.90 Å². The minimum Gasteiger partial charge on any atom is -0.508 e. The first-order chi connectivity index (χ1) is 7.54. The van der Waals surface area contributed by atoms with E-state index < -0.39 is 0 Å². The molecule has 0 saturated carbocycles. The van der Waals surface area contributed by atoms with Gasteiger partial charge in [0.15, 0.2) is 0 Å². The second kappa shape index (κ2) is 5.70. The van der Waals surface area contributed by atoms with Gasteiger partial charge in [-0.1, -0.05) is 6.08 Å². The topological polar surface area (TPSA) is 35.8 Å². The summed E-state index contributed by atoms with van der Waals surface area (Å²) in [5.74, 6) is 0.269. The summed E-state index contributed by atoms with van der Waals surface area (Å²) in [6.07, 6.45) is 3.54. The van der Waals surface area contributed by atoms with E-state index >= 15 is 0 Å². The van der Waals surface area contributed by atoms with Crippen molar-refractivity contribution in [3.63, 3.8) is 0 Å². The number of phenolic OH excluding ortho intramolecular Hbond substituents is 1. The molecule has 1 N–H and O–H groups in total. The summed E-state index contributed by atoms with van der Waals surface area (Å²) in [4.78, 5) is 6.24. The van der Waals surface area contributed by atoms with Crippen molar-refractivity contribution in [3.05, 3.63) is 34.8 Å². The first kappa shape index (κ1) is 12.8. The molecule has 0 heterocycles. The van der Waals surface area contributed by atoms with E-state index in [0.29, 0.717) is 0 Å². The van der Waals surface area contributed by atoms with Gasteiger partial charge >= 0.3 is 0 Å². The molecule has 0 aliphatic rings. The van der Waals surface area contributed by atoms with Crippen LogP contribution in [0.1, 0.15) is 5.56 Å². The fourth-order valence-corrected chi connectivity index (χ4v) is 1.60. The molecule has 0 amide bonds. The SMILES string of the molecule is C=CCN(C)C=Nc1cc(C)c(O)cc1Br. The number of benzene rings is 1. The molecule has 16 heavy (non-hydrogen) atoms. The maximum atomic E-state index is 9.48. The van der Waals surface area contributed by atoms with Gasteiger partial charge in [-0.25, -0.2) is 4.99 Å². The Balaban J connectivity index is 2.89. The van der Waals surface area contributed by atoms with E-state index in [-0.39, 0.29) is 5.75 Å². The number of nitrogens with zero attached hydrogens (tertiary/aromatic N) is 2. The Labute approximate surface area is 104 Å². The van der Waals surface area contributed by atoms with Gasteiger partial charge in [-0.3, -0.25) is 0 Å². The lowest BCUT2D eigenvalue weighted by molar-refractivity contribution is 0.471. The maximum Gasteiger partial charge on any atom is 0.119 e. The molecule has 0 aliphatic heterocycles. The Morgan fingerprint density at radius 1 is 1.56 bits per heavy atom. The Morgan fingerprint density at radius 2 is 2.25 bits per heavy atom. The summed E-state index contributed by atoms with van der Waals surface area (Å²) in [6, 6.07) is 3.48. The lowest BCUT2D eigenvalue weighted by Crippen LogP contribution is -2.15. The number of aliphatic imine (C=N–C) groups is 1. The van der Waals surface area contributed by atoms with Crippen LogP contribution in [0.2, 0.25) is 0 Å². The molecule has 0 aromatic heterocycles. The number of hydrogen-bond acceptors (Lipinski definition) is 2. The summed E-state index contributed by atoms with van der Waals surface area (Å²) in [7, 11) is 1.92. The molecular weight excluding hydrogens is 268 g/mol. The van der Waals surface area contributed by atoms with E-state index in [1.165, 1.54) is 0 Å². The average Bonchev–Trinajstić information content (AvgIpc) is 2.22. The molecule has 3 nitrogen and oxygen atoms in total. The number of aromatic hydroxyl groups is 1. The highest BCUT2D eigenvalue weighted by molar-refractivity contribution is 9.10. The van der Waals surface area contributed by atoms with E-state index in [2.05, 4.69) is 27.5 Å². The maximum absolute atomic E-state index is 9.48. The van der Waals surface area contributed by atoms with Crippen molar-refractivity contribution in [2.45, 2.75) is 6.92 Å². The molecule has 0 radical (unpaired) electrons. The van der Waals surface area contributed by atoms with Crippen molar-refractivity contribution < 1.29 is 5.11 Å². The normalized spacial score (nSPS) is 10.7. The summed E-state index contributed by atoms with van der Waals surface area (Å²) in [5, 5.41) is 9.48. The van der Waals surface area contributed by atoms with Crippen LogP contribution >= 0.6 is 15.9 Å². The number of likely N-dealkylation sites (N-methyl/N-ethyl adjacent to an activating group) is 1. The highest BCUT2D eigenvalue weighted by Crippen LogP contribution is 2.31. The van der Waals surface area contributed by atoms with Gasteiger partial charge in [-0.05, 0) is 40.5 Å². The minimum atomic E-state index is 0.269. The van der Waals surface area contributed by atoms with Crippen LogP contribution in [0, 0.1) is 6.92 Å². The molecular formula is C12H15BrN2O. The second-order valence-electron chi connectivity index (χ2n) is 3.56. The zero-order valence-electron chi connectivity index (χ0n) is 9.44. The fourth-order valence-electron chi connectivity index (χ4n) is 1.17. The number of hydrogen-bond donors (Lipinski definition) is 1. The lowest BCUT2D eigenvalue weighted by Gasteiger charge is -2.09. The van der Waals surface area contributed by atoms with Gasteiger partial charge in [0.25, 0.3) is 0 Å². The highest BCUT2D eigenvalue weighted by atomic mass is 79.9. The molecule has 4 heteroatoms. The monoisotopic (exact) mass is 282 g/mol. The van der Waals surface area contributed by atoms with Gasteiger partial charge in [0.2, 0.25) is 0 Å². The highest BCUT2D eigenvalue weighted by Gasteiger charge is 2.03. The molecule has 0 fully saturated rings. The van der Waals surface area contributed by atoms with Crippen molar-refractivity contribution in [2.24, 2.45) is 4.99 Å². The number of halogens is 1. The molecule has 1 aromatic carbocycles. The Bertz CT molecular complexity index is 416. The summed E-state index contributed by atoms with van der Waals surface area (Å²) in [6.45, 7) is 6.24. The van der Waals surface area contributed by atoms with Gasteiger partial charge in [-0.15, -0.1) is 6.58 Å². The molecule has 1 rings (SSSR count). The van der Waals surface area contributed by atoms with Gasteiger partial charge < -0.3 is 10.0 Å². The van der Waals surface area contributed by atoms with E-state index in [4.69, 9.17) is 0 Å². The van der Waals surface area contributed by atoms with E-state index in [9.17, 15) is 5.11 Å². The number of rotatable bonds is 4. The first-order valence-electron chi connectivity index (χ1n) is 4.89. The van der Waals surface area contributed by atoms with Crippen molar-refractivity contribution in [3.8, 4) is 5.75 Å². The Hall–Kier alpha value is -1.29. The number of phenols is 1. The summed E-state index contributed by atoms with van der Waals surface area (Å²) >= 11 is 3.36. The quantitative estimate of drug-likeness (QED) is 0.523. The third-order valence-corrected chi connectivity index (χ3v) is 2.71. The third kappa shape index (κ3) is 3.38. The van der Waals surface area contributed by atoms with Crippen molar-refractivity contribution in [2.75, 3.05) is 13.6 Å². The molecule has 0 spiro atoms. The zero-order chi connectivity index (χ0) is 12.1. The van der Waals surface area contributed by atoms with Crippen LogP contribution in [-0.4, -0.2) is 29.9 Å². The number of aryl methyl sites for hydroxylation is 1. The summed E-state index contributed by atoms with van der Waals surface area (Å²) in [5.41, 5.74) is 1.60. The van der Waals surface area contributed by atoms with Gasteiger partial charge in [0.05, 0.1) is 12.0 Å². The third-order valence-electron chi connectivity index (χ3n) is 2.08. The standard InChI is InChI=1S/C12H15BrN2O/c1-4-5-15(3)8-14-11-6-9(2)12(16)7-10(11)13/h4,6-8,16H,1,5H2,2-3H3. The molecule has 1 aromatic rings. The van der Waals surface area contributed by atoms with Gasteiger partial charge in [-0.2, -0.15) is 0 Å². The predicted octanol–water partition coefficient (Wildman–Crippen LogP) is 3.24. The largest absolute Gasteiger partial charge is 0.508 e.